The molecule has 13 heavy (non-hydrogen) atoms. The molecular weight excluding hydrogens is 164 g/mol. The molecule has 0 aromatic heterocycles. The Hall–Kier alpha value is -1.67. The maximum atomic E-state index is 8.32. The van der Waals surface area contributed by atoms with Crippen LogP contribution in [0.25, 0.3) is 10.4 Å². The monoisotopic (exact) mass is 176 g/mol. The second-order valence-corrected chi connectivity index (χ2v) is 3.05. The zero-order valence-corrected chi connectivity index (χ0v) is 8.02. The van der Waals surface area contributed by atoms with Gasteiger partial charge in [-0.2, -0.15) is 0 Å². The topological polar surface area (TPSA) is 52.0 Å². The smallest absolute Gasteiger partial charge is 0.0425 e. The van der Waals surface area contributed by atoms with E-state index in [1.807, 2.05) is 44.1 Å². The summed E-state index contributed by atoms with van der Waals surface area (Å²) in [6.07, 6.45) is 0. The van der Waals surface area contributed by atoms with Crippen molar-refractivity contribution in [1.82, 2.24) is 0 Å². The van der Waals surface area contributed by atoms with Crippen LogP contribution in [0.15, 0.2) is 23.3 Å². The van der Waals surface area contributed by atoms with Crippen molar-refractivity contribution < 1.29 is 0 Å². The summed E-state index contributed by atoms with van der Waals surface area (Å²) in [4.78, 5) is 4.74. The van der Waals surface area contributed by atoms with Crippen molar-refractivity contribution in [2.75, 3.05) is 19.0 Å². The fraction of sp³-hybridized carbons (Fsp3) is 0.333. The van der Waals surface area contributed by atoms with Gasteiger partial charge in [-0.25, -0.2) is 0 Å². The molecule has 0 spiro atoms. The average molecular weight is 176 g/mol. The van der Waals surface area contributed by atoms with Crippen molar-refractivity contribution in [1.29, 1.82) is 0 Å². The van der Waals surface area contributed by atoms with Crippen LogP contribution in [-0.2, 0) is 0 Å². The van der Waals surface area contributed by atoms with Gasteiger partial charge in [0, 0.05) is 30.4 Å². The van der Waals surface area contributed by atoms with Crippen molar-refractivity contribution in [3.63, 3.8) is 0 Å². The molecule has 0 N–H and O–H groups in total. The first-order valence-electron chi connectivity index (χ1n) is 3.98. The van der Waals surface area contributed by atoms with Crippen molar-refractivity contribution in [2.24, 2.45) is 5.11 Å². The number of hydrogen-bond donors (Lipinski definition) is 0. The summed E-state index contributed by atoms with van der Waals surface area (Å²) in [5.41, 5.74) is 11.0. The van der Waals surface area contributed by atoms with E-state index in [9.17, 15) is 0 Å². The number of hydrogen-bond acceptors (Lipinski definition) is 2. The van der Waals surface area contributed by atoms with Crippen LogP contribution in [0.1, 0.15) is 5.56 Å². The molecule has 0 atom stereocenters. The fourth-order valence-electron chi connectivity index (χ4n) is 1.03. The summed E-state index contributed by atoms with van der Waals surface area (Å²) in [6.45, 7) is 1.92. The highest BCUT2D eigenvalue weighted by atomic mass is 15.1. The molecule has 0 fully saturated rings. The van der Waals surface area contributed by atoms with Crippen LogP contribution >= 0.6 is 0 Å². The standard InChI is InChI=1S/C9H12N4/c1-7-4-5-8(13(2)3)6-9(7)11-12-10/h4-6H,1-3H3. The molecule has 0 bridgehead atoms. The van der Waals surface area contributed by atoms with Crippen LogP contribution in [0.4, 0.5) is 11.4 Å². The largest absolute Gasteiger partial charge is 0.378 e. The minimum absolute atomic E-state index is 0.689. The number of benzene rings is 1. The van der Waals surface area contributed by atoms with Gasteiger partial charge in [0.25, 0.3) is 0 Å². The Kier molecular flexibility index (Phi) is 2.77. The normalized spacial score (nSPS) is 9.15. The van der Waals surface area contributed by atoms with Gasteiger partial charge in [0.2, 0.25) is 0 Å². The van der Waals surface area contributed by atoms with Gasteiger partial charge in [-0.1, -0.05) is 11.2 Å². The van der Waals surface area contributed by atoms with Gasteiger partial charge in [-0.15, -0.1) is 0 Å². The molecule has 0 aliphatic carbocycles. The average Bonchev–Trinajstić information content (AvgIpc) is 2.08. The van der Waals surface area contributed by atoms with Crippen molar-refractivity contribution in [2.45, 2.75) is 6.92 Å². The van der Waals surface area contributed by atoms with Crippen molar-refractivity contribution in [3.8, 4) is 0 Å². The lowest BCUT2D eigenvalue weighted by Gasteiger charge is -2.13. The molecule has 0 unspecified atom stereocenters. The predicted molar refractivity (Wildman–Crippen MR) is 54.3 cm³/mol. The molecule has 0 aliphatic rings. The lowest BCUT2D eigenvalue weighted by Crippen LogP contribution is -2.08. The molecular formula is C9H12N4. The van der Waals surface area contributed by atoms with Gasteiger partial charge in [0.15, 0.2) is 0 Å². The Balaban J connectivity index is 3.18. The van der Waals surface area contributed by atoms with Crippen LogP contribution in [0.3, 0.4) is 0 Å². The highest BCUT2D eigenvalue weighted by Gasteiger charge is 1.99. The first kappa shape index (κ1) is 9.42. The third-order valence-electron chi connectivity index (χ3n) is 1.86. The number of aryl methyl sites for hydroxylation is 1. The number of azide groups is 1. The molecule has 0 saturated heterocycles. The van der Waals surface area contributed by atoms with Crippen LogP contribution in [-0.4, -0.2) is 14.1 Å². The predicted octanol–water partition coefficient (Wildman–Crippen LogP) is 3.00. The van der Waals surface area contributed by atoms with Gasteiger partial charge >= 0.3 is 0 Å². The molecule has 1 rings (SSSR count). The summed E-state index contributed by atoms with van der Waals surface area (Å²) in [5.74, 6) is 0. The van der Waals surface area contributed by atoms with Crippen LogP contribution < -0.4 is 4.90 Å². The lowest BCUT2D eigenvalue weighted by atomic mass is 10.2. The molecule has 1 aromatic carbocycles. The molecule has 0 saturated carbocycles. The highest BCUT2D eigenvalue weighted by Crippen LogP contribution is 2.24. The molecule has 1 aromatic rings. The Morgan fingerprint density at radius 1 is 1.38 bits per heavy atom. The third kappa shape index (κ3) is 2.13. The maximum absolute atomic E-state index is 8.32. The van der Waals surface area contributed by atoms with Gasteiger partial charge in [-0.05, 0) is 30.2 Å². The molecule has 4 heteroatoms. The maximum Gasteiger partial charge on any atom is 0.0425 e. The van der Waals surface area contributed by atoms with E-state index in [4.69, 9.17) is 5.53 Å². The summed E-state index contributed by atoms with van der Waals surface area (Å²) >= 11 is 0. The number of nitrogens with zero attached hydrogens (tertiary/aromatic N) is 4. The zero-order valence-electron chi connectivity index (χ0n) is 8.02. The van der Waals surface area contributed by atoms with Gasteiger partial charge in [0.05, 0.1) is 0 Å². The van der Waals surface area contributed by atoms with E-state index in [0.717, 1.165) is 11.3 Å². The van der Waals surface area contributed by atoms with Crippen molar-refractivity contribution >= 4 is 11.4 Å². The van der Waals surface area contributed by atoms with E-state index in [-0.39, 0.29) is 0 Å². The van der Waals surface area contributed by atoms with Gasteiger partial charge < -0.3 is 4.90 Å². The summed E-state index contributed by atoms with van der Waals surface area (Å²) in [6, 6.07) is 5.81. The Bertz CT molecular complexity index is 351. The highest BCUT2D eigenvalue weighted by molar-refractivity contribution is 5.58. The summed E-state index contributed by atoms with van der Waals surface area (Å²) in [7, 11) is 3.90. The van der Waals surface area contributed by atoms with Gasteiger partial charge in [-0.3, -0.25) is 0 Å². The second kappa shape index (κ2) is 3.83. The summed E-state index contributed by atoms with van der Waals surface area (Å²) < 4.78 is 0. The molecule has 0 heterocycles. The zero-order chi connectivity index (χ0) is 9.84. The fourth-order valence-corrected chi connectivity index (χ4v) is 1.03. The van der Waals surface area contributed by atoms with Gasteiger partial charge in [0.1, 0.15) is 0 Å². The number of rotatable bonds is 2. The summed E-state index contributed by atoms with van der Waals surface area (Å²) in [5, 5.41) is 3.60. The SMILES string of the molecule is Cc1ccc(N(C)C)cc1N=[N+]=[N-]. The van der Waals surface area contributed by atoms with E-state index in [2.05, 4.69) is 10.0 Å². The Labute approximate surface area is 77.4 Å². The third-order valence-corrected chi connectivity index (χ3v) is 1.86. The van der Waals surface area contributed by atoms with Crippen LogP contribution in [0, 0.1) is 6.92 Å². The van der Waals surface area contributed by atoms with Crippen molar-refractivity contribution in [3.05, 3.63) is 34.2 Å². The van der Waals surface area contributed by atoms with Crippen LogP contribution in [0.5, 0.6) is 0 Å². The van der Waals surface area contributed by atoms with E-state index in [0.29, 0.717) is 5.69 Å². The molecule has 0 amide bonds. The number of anilines is 1. The Morgan fingerprint density at radius 3 is 2.62 bits per heavy atom. The molecule has 0 aliphatic heterocycles. The Morgan fingerprint density at radius 2 is 2.08 bits per heavy atom. The molecule has 68 valence electrons. The minimum atomic E-state index is 0.689. The first-order valence-corrected chi connectivity index (χ1v) is 3.98. The second-order valence-electron chi connectivity index (χ2n) is 3.05. The minimum Gasteiger partial charge on any atom is -0.378 e. The van der Waals surface area contributed by atoms with Crippen LogP contribution in [0.2, 0.25) is 0 Å². The quantitative estimate of drug-likeness (QED) is 0.388. The van der Waals surface area contributed by atoms with E-state index in [1.165, 1.54) is 0 Å². The van der Waals surface area contributed by atoms with E-state index in [1.54, 1.807) is 0 Å². The lowest BCUT2D eigenvalue weighted by molar-refractivity contribution is 1.13. The molecule has 0 radical (unpaired) electrons. The molecule has 4 nitrogen and oxygen atoms in total. The van der Waals surface area contributed by atoms with E-state index >= 15 is 0 Å². The van der Waals surface area contributed by atoms with E-state index < -0.39 is 0 Å². The first-order chi connectivity index (χ1) is 6.15.